The molecule has 0 spiro atoms. The fourth-order valence-electron chi connectivity index (χ4n) is 1.63. The van der Waals surface area contributed by atoms with Crippen molar-refractivity contribution >= 4 is 5.91 Å². The summed E-state index contributed by atoms with van der Waals surface area (Å²) in [6.07, 6.45) is 1.65. The number of nitrogens with one attached hydrogen (secondary N) is 1. The SMILES string of the molecule is CC(=O)NCCC(O)C(O)c1cnn(C(C)(C)C)c1. The molecule has 6 nitrogen and oxygen atoms in total. The third-order valence-electron chi connectivity index (χ3n) is 2.81. The summed E-state index contributed by atoms with van der Waals surface area (Å²) in [7, 11) is 0. The van der Waals surface area contributed by atoms with E-state index in [1.54, 1.807) is 17.1 Å². The summed E-state index contributed by atoms with van der Waals surface area (Å²) < 4.78 is 1.74. The Kier molecular flexibility index (Phi) is 5.08. The van der Waals surface area contributed by atoms with Crippen molar-refractivity contribution in [3.8, 4) is 0 Å². The number of aromatic nitrogens is 2. The van der Waals surface area contributed by atoms with Gasteiger partial charge in [0.15, 0.2) is 0 Å². The second kappa shape index (κ2) is 6.16. The summed E-state index contributed by atoms with van der Waals surface area (Å²) in [5, 5.41) is 26.6. The quantitative estimate of drug-likeness (QED) is 0.729. The smallest absolute Gasteiger partial charge is 0.216 e. The van der Waals surface area contributed by atoms with Gasteiger partial charge in [-0.2, -0.15) is 5.10 Å². The van der Waals surface area contributed by atoms with Gasteiger partial charge in [-0.25, -0.2) is 0 Å². The van der Waals surface area contributed by atoms with E-state index in [1.165, 1.54) is 6.92 Å². The van der Waals surface area contributed by atoms with E-state index in [-0.39, 0.29) is 11.4 Å². The van der Waals surface area contributed by atoms with E-state index in [4.69, 9.17) is 0 Å². The summed E-state index contributed by atoms with van der Waals surface area (Å²) in [5.74, 6) is -0.151. The molecule has 2 unspecified atom stereocenters. The van der Waals surface area contributed by atoms with E-state index in [0.717, 1.165) is 0 Å². The topological polar surface area (TPSA) is 87.4 Å². The Hall–Kier alpha value is -1.40. The number of aliphatic hydroxyl groups excluding tert-OH is 2. The van der Waals surface area contributed by atoms with E-state index in [1.807, 2.05) is 20.8 Å². The van der Waals surface area contributed by atoms with Gasteiger partial charge in [-0.3, -0.25) is 9.48 Å². The molecular weight excluding hydrogens is 246 g/mol. The Bertz CT molecular complexity index is 423. The number of carbonyl (C=O) groups is 1. The maximum absolute atomic E-state index is 10.7. The molecule has 0 fully saturated rings. The zero-order valence-electron chi connectivity index (χ0n) is 11.9. The van der Waals surface area contributed by atoms with Gasteiger partial charge in [-0.15, -0.1) is 0 Å². The van der Waals surface area contributed by atoms with Crippen molar-refractivity contribution < 1.29 is 15.0 Å². The van der Waals surface area contributed by atoms with E-state index >= 15 is 0 Å². The van der Waals surface area contributed by atoms with Gasteiger partial charge < -0.3 is 15.5 Å². The van der Waals surface area contributed by atoms with Crippen LogP contribution in [-0.4, -0.2) is 38.5 Å². The molecule has 19 heavy (non-hydrogen) atoms. The van der Waals surface area contributed by atoms with Crippen LogP contribution in [0.15, 0.2) is 12.4 Å². The molecule has 0 saturated carbocycles. The van der Waals surface area contributed by atoms with E-state index in [2.05, 4.69) is 10.4 Å². The predicted molar refractivity (Wildman–Crippen MR) is 71.5 cm³/mol. The Balaban J connectivity index is 2.59. The lowest BCUT2D eigenvalue weighted by Crippen LogP contribution is -2.27. The Labute approximate surface area is 113 Å². The van der Waals surface area contributed by atoms with Crippen LogP contribution in [-0.2, 0) is 10.3 Å². The van der Waals surface area contributed by atoms with Gasteiger partial charge in [0.05, 0.1) is 17.8 Å². The lowest BCUT2D eigenvalue weighted by molar-refractivity contribution is -0.119. The molecule has 108 valence electrons. The highest BCUT2D eigenvalue weighted by Crippen LogP contribution is 2.21. The van der Waals surface area contributed by atoms with Crippen LogP contribution in [0.3, 0.4) is 0 Å². The fourth-order valence-corrected chi connectivity index (χ4v) is 1.63. The first kappa shape index (κ1) is 15.7. The van der Waals surface area contributed by atoms with E-state index in [0.29, 0.717) is 18.5 Å². The number of rotatable bonds is 5. The second-order valence-corrected chi connectivity index (χ2v) is 5.67. The van der Waals surface area contributed by atoms with E-state index in [9.17, 15) is 15.0 Å². The summed E-state index contributed by atoms with van der Waals surface area (Å²) in [6.45, 7) is 7.76. The molecule has 1 rings (SSSR count). The molecule has 1 aromatic rings. The van der Waals surface area contributed by atoms with Gasteiger partial charge in [-0.1, -0.05) is 0 Å². The highest BCUT2D eigenvalue weighted by Gasteiger charge is 2.22. The van der Waals surface area contributed by atoms with Gasteiger partial charge in [0.25, 0.3) is 0 Å². The molecule has 0 bridgehead atoms. The summed E-state index contributed by atoms with van der Waals surface area (Å²) >= 11 is 0. The maximum Gasteiger partial charge on any atom is 0.216 e. The molecule has 0 aliphatic heterocycles. The van der Waals surface area contributed by atoms with E-state index < -0.39 is 12.2 Å². The molecule has 2 atom stereocenters. The van der Waals surface area contributed by atoms with Crippen LogP contribution in [0.2, 0.25) is 0 Å². The largest absolute Gasteiger partial charge is 0.390 e. The maximum atomic E-state index is 10.7. The molecule has 6 heteroatoms. The molecule has 1 heterocycles. The molecule has 1 aromatic heterocycles. The van der Waals surface area contributed by atoms with Crippen LogP contribution < -0.4 is 5.32 Å². The number of nitrogens with zero attached hydrogens (tertiary/aromatic N) is 2. The number of amides is 1. The average molecular weight is 269 g/mol. The third-order valence-corrected chi connectivity index (χ3v) is 2.81. The number of hydrogen-bond acceptors (Lipinski definition) is 4. The van der Waals surface area contributed by atoms with Crippen molar-refractivity contribution in [2.45, 2.75) is 51.9 Å². The standard InChI is InChI=1S/C13H23N3O3/c1-9(17)14-6-5-11(18)12(19)10-7-15-16(8-10)13(2,3)4/h7-8,11-12,18-19H,5-6H2,1-4H3,(H,14,17). The van der Waals surface area contributed by atoms with Crippen LogP contribution in [0.4, 0.5) is 0 Å². The lowest BCUT2D eigenvalue weighted by Gasteiger charge is -2.19. The highest BCUT2D eigenvalue weighted by molar-refractivity contribution is 5.72. The summed E-state index contributed by atoms with van der Waals surface area (Å²) in [5.41, 5.74) is 0.407. The highest BCUT2D eigenvalue weighted by atomic mass is 16.3. The third kappa shape index (κ3) is 4.65. The number of carbonyl (C=O) groups excluding carboxylic acids is 1. The molecule has 0 aromatic carbocycles. The molecule has 0 aliphatic rings. The molecule has 0 radical (unpaired) electrons. The minimum Gasteiger partial charge on any atom is -0.390 e. The van der Waals surface area contributed by atoms with Gasteiger partial charge >= 0.3 is 0 Å². The van der Waals surface area contributed by atoms with Crippen LogP contribution in [0.1, 0.15) is 45.8 Å². The van der Waals surface area contributed by atoms with Crippen molar-refractivity contribution in [3.05, 3.63) is 18.0 Å². The molecular formula is C13H23N3O3. The van der Waals surface area contributed by atoms with Crippen LogP contribution in [0.25, 0.3) is 0 Å². The van der Waals surface area contributed by atoms with Crippen molar-refractivity contribution in [3.63, 3.8) is 0 Å². The van der Waals surface area contributed by atoms with Crippen LogP contribution in [0.5, 0.6) is 0 Å². The Morgan fingerprint density at radius 1 is 1.47 bits per heavy atom. The first-order valence-corrected chi connectivity index (χ1v) is 6.37. The zero-order chi connectivity index (χ0) is 14.6. The summed E-state index contributed by atoms with van der Waals surface area (Å²) in [6, 6.07) is 0. The average Bonchev–Trinajstić information content (AvgIpc) is 2.76. The van der Waals surface area contributed by atoms with Crippen molar-refractivity contribution in [2.24, 2.45) is 0 Å². The van der Waals surface area contributed by atoms with Gasteiger partial charge in [-0.05, 0) is 27.2 Å². The molecule has 3 N–H and O–H groups in total. The minimum atomic E-state index is -0.996. The first-order valence-electron chi connectivity index (χ1n) is 6.37. The molecule has 0 aliphatic carbocycles. The van der Waals surface area contributed by atoms with Gasteiger partial charge in [0, 0.05) is 25.2 Å². The second-order valence-electron chi connectivity index (χ2n) is 5.67. The van der Waals surface area contributed by atoms with Crippen molar-refractivity contribution in [1.82, 2.24) is 15.1 Å². The van der Waals surface area contributed by atoms with Crippen molar-refractivity contribution in [2.75, 3.05) is 6.54 Å². The Morgan fingerprint density at radius 3 is 2.58 bits per heavy atom. The van der Waals surface area contributed by atoms with Crippen LogP contribution in [0, 0.1) is 0 Å². The summed E-state index contributed by atoms with van der Waals surface area (Å²) in [4.78, 5) is 10.7. The minimum absolute atomic E-state index is 0.151. The number of hydrogen-bond donors (Lipinski definition) is 3. The number of aliphatic hydroxyl groups is 2. The monoisotopic (exact) mass is 269 g/mol. The van der Waals surface area contributed by atoms with Crippen molar-refractivity contribution in [1.29, 1.82) is 0 Å². The zero-order valence-corrected chi connectivity index (χ0v) is 11.9. The lowest BCUT2D eigenvalue weighted by atomic mass is 10.1. The molecule has 1 amide bonds. The fraction of sp³-hybridized carbons (Fsp3) is 0.692. The molecule has 0 saturated heterocycles. The first-order chi connectivity index (χ1) is 8.71. The normalized spacial score (nSPS) is 15.1. The van der Waals surface area contributed by atoms with Gasteiger partial charge in [0.2, 0.25) is 5.91 Å². The predicted octanol–water partition coefficient (Wildman–Crippen LogP) is 0.559. The van der Waals surface area contributed by atoms with Gasteiger partial charge in [0.1, 0.15) is 6.10 Å². The Morgan fingerprint density at radius 2 is 2.11 bits per heavy atom. The van der Waals surface area contributed by atoms with Crippen LogP contribution >= 0.6 is 0 Å².